The molecule has 134 valence electrons. The van der Waals surface area contributed by atoms with Gasteiger partial charge in [-0.2, -0.15) is 0 Å². The van der Waals surface area contributed by atoms with Crippen LogP contribution in [0.2, 0.25) is 5.02 Å². The Labute approximate surface area is 158 Å². The van der Waals surface area contributed by atoms with Crippen LogP contribution in [0.4, 0.5) is 4.39 Å². The van der Waals surface area contributed by atoms with E-state index in [-0.39, 0.29) is 17.3 Å². The molecule has 0 atom stereocenters. The van der Waals surface area contributed by atoms with Gasteiger partial charge in [-0.1, -0.05) is 17.7 Å². The molecule has 7 heteroatoms. The van der Waals surface area contributed by atoms with Crippen LogP contribution in [0.1, 0.15) is 25.6 Å². The Balaban J connectivity index is 1.81. The van der Waals surface area contributed by atoms with Gasteiger partial charge in [0, 0.05) is 33.3 Å². The summed E-state index contributed by atoms with van der Waals surface area (Å²) in [6.07, 6.45) is 0. The number of rotatable bonds is 6. The van der Waals surface area contributed by atoms with Crippen molar-refractivity contribution in [2.75, 3.05) is 13.7 Å². The molecule has 2 aromatic carbocycles. The Morgan fingerprint density at radius 3 is 2.58 bits per heavy atom. The topological polar surface area (TPSA) is 52.6 Å². The first-order valence-corrected chi connectivity index (χ1v) is 8.85. The lowest BCUT2D eigenvalue weighted by atomic mass is 10.1. The number of hydrogen-bond acceptors (Lipinski definition) is 5. The van der Waals surface area contributed by atoms with Crippen molar-refractivity contribution in [3.05, 3.63) is 69.3 Å². The zero-order valence-corrected chi connectivity index (χ0v) is 15.3. The average Bonchev–Trinajstić information content (AvgIpc) is 3.00. The Morgan fingerprint density at radius 1 is 1.15 bits per heavy atom. The van der Waals surface area contributed by atoms with Crippen LogP contribution in [0.3, 0.4) is 0 Å². The van der Waals surface area contributed by atoms with E-state index in [0.717, 1.165) is 11.3 Å². The minimum absolute atomic E-state index is 0.0660. The fourth-order valence-electron chi connectivity index (χ4n) is 2.53. The first-order chi connectivity index (χ1) is 12.5. The summed E-state index contributed by atoms with van der Waals surface area (Å²) >= 11 is 6.90. The molecule has 1 heterocycles. The van der Waals surface area contributed by atoms with Gasteiger partial charge in [0.05, 0.1) is 6.61 Å². The normalized spacial score (nSPS) is 10.9. The highest BCUT2D eigenvalue weighted by Crippen LogP contribution is 2.34. The van der Waals surface area contributed by atoms with E-state index in [0.29, 0.717) is 26.2 Å². The largest absolute Gasteiger partial charge is 0.453 e. The molecule has 3 rings (SSSR count). The van der Waals surface area contributed by atoms with Crippen molar-refractivity contribution in [1.82, 2.24) is 0 Å². The number of thiophene rings is 1. The van der Waals surface area contributed by atoms with Crippen molar-refractivity contribution in [3.8, 4) is 0 Å². The lowest BCUT2D eigenvalue weighted by molar-refractivity contribution is 0.0476. The van der Waals surface area contributed by atoms with Crippen molar-refractivity contribution in [2.45, 2.75) is 6.61 Å². The third kappa shape index (κ3) is 3.77. The number of esters is 1. The maximum absolute atomic E-state index is 14.1. The molecule has 0 fully saturated rings. The highest BCUT2D eigenvalue weighted by molar-refractivity contribution is 7.21. The van der Waals surface area contributed by atoms with Gasteiger partial charge in [0.25, 0.3) is 0 Å². The van der Waals surface area contributed by atoms with Crippen LogP contribution in [0.25, 0.3) is 10.1 Å². The Bertz CT molecular complexity index is 966. The molecule has 0 aliphatic rings. The van der Waals surface area contributed by atoms with Crippen LogP contribution in [0.15, 0.2) is 42.5 Å². The van der Waals surface area contributed by atoms with Gasteiger partial charge < -0.3 is 9.47 Å². The number of halogens is 2. The fraction of sp³-hybridized carbons (Fsp3) is 0.158. The van der Waals surface area contributed by atoms with Crippen LogP contribution in [-0.4, -0.2) is 25.5 Å². The number of benzene rings is 2. The summed E-state index contributed by atoms with van der Waals surface area (Å²) in [6.45, 7) is -0.347. The molecule has 0 spiro atoms. The van der Waals surface area contributed by atoms with Gasteiger partial charge in [-0.25, -0.2) is 9.18 Å². The summed E-state index contributed by atoms with van der Waals surface area (Å²) in [7, 11) is 1.46. The van der Waals surface area contributed by atoms with Crippen LogP contribution >= 0.6 is 22.9 Å². The van der Waals surface area contributed by atoms with Crippen molar-refractivity contribution in [3.63, 3.8) is 0 Å². The van der Waals surface area contributed by atoms with Gasteiger partial charge in [0.15, 0.2) is 12.4 Å². The van der Waals surface area contributed by atoms with Crippen LogP contribution in [0.5, 0.6) is 0 Å². The molecule has 1 aromatic heterocycles. The fourth-order valence-corrected chi connectivity index (χ4v) is 3.77. The van der Waals surface area contributed by atoms with Crippen LogP contribution < -0.4 is 0 Å². The number of carbonyl (C=O) groups excluding carboxylic acids is 2. The molecule has 3 aromatic rings. The molecule has 4 nitrogen and oxygen atoms in total. The molecule has 0 aliphatic heterocycles. The number of carbonyl (C=O) groups is 2. The Morgan fingerprint density at radius 2 is 1.88 bits per heavy atom. The second kappa shape index (κ2) is 7.95. The van der Waals surface area contributed by atoms with Crippen molar-refractivity contribution in [2.24, 2.45) is 0 Å². The van der Waals surface area contributed by atoms with Gasteiger partial charge >= 0.3 is 5.97 Å². The number of methoxy groups -OCH3 is 1. The van der Waals surface area contributed by atoms with Crippen molar-refractivity contribution >= 4 is 44.8 Å². The molecule has 0 radical (unpaired) electrons. The molecule has 0 N–H and O–H groups in total. The van der Waals surface area contributed by atoms with Crippen molar-refractivity contribution < 1.29 is 23.5 Å². The summed E-state index contributed by atoms with van der Waals surface area (Å²) in [5.74, 6) is -1.46. The third-order valence-corrected chi connectivity index (χ3v) is 5.17. The lowest BCUT2D eigenvalue weighted by Crippen LogP contribution is -2.14. The van der Waals surface area contributed by atoms with E-state index in [9.17, 15) is 14.0 Å². The van der Waals surface area contributed by atoms with Crippen LogP contribution in [0, 0.1) is 5.82 Å². The second-order valence-electron chi connectivity index (χ2n) is 5.46. The minimum Gasteiger partial charge on any atom is -0.453 e. The molecule has 26 heavy (non-hydrogen) atoms. The van der Waals surface area contributed by atoms with Crippen molar-refractivity contribution in [1.29, 1.82) is 0 Å². The van der Waals surface area contributed by atoms with E-state index in [4.69, 9.17) is 21.1 Å². The zero-order chi connectivity index (χ0) is 18.7. The Hall–Kier alpha value is -2.28. The molecule has 0 bridgehead atoms. The smallest absolute Gasteiger partial charge is 0.349 e. The van der Waals surface area contributed by atoms with Gasteiger partial charge in [0.2, 0.25) is 0 Å². The molecule has 0 saturated carbocycles. The number of fused-ring (bicyclic) bond motifs is 1. The van der Waals surface area contributed by atoms with E-state index >= 15 is 0 Å². The SMILES string of the molecule is COCc1c(C(=O)OCC(=O)c2ccc(Cl)cc2)sc2cccc(F)c12. The summed E-state index contributed by atoms with van der Waals surface area (Å²) in [5, 5.41) is 0.852. The van der Waals surface area contributed by atoms with Gasteiger partial charge in [-0.05, 0) is 36.4 Å². The monoisotopic (exact) mass is 392 g/mol. The molecular weight excluding hydrogens is 379 g/mol. The molecular formula is C19H14ClFO4S. The third-order valence-electron chi connectivity index (χ3n) is 3.74. The molecule has 0 unspecified atom stereocenters. The molecule has 0 amide bonds. The van der Waals surface area contributed by atoms with E-state index in [1.54, 1.807) is 36.4 Å². The van der Waals surface area contributed by atoms with E-state index in [2.05, 4.69) is 0 Å². The van der Waals surface area contributed by atoms with Crippen LogP contribution in [-0.2, 0) is 16.1 Å². The maximum Gasteiger partial charge on any atom is 0.349 e. The van der Waals surface area contributed by atoms with Gasteiger partial charge in [-0.15, -0.1) is 11.3 Å². The predicted octanol–water partition coefficient (Wildman–Crippen LogP) is 4.88. The van der Waals surface area contributed by atoms with Gasteiger partial charge in [-0.3, -0.25) is 4.79 Å². The average molecular weight is 393 g/mol. The first kappa shape index (κ1) is 18.5. The first-order valence-electron chi connectivity index (χ1n) is 7.66. The quantitative estimate of drug-likeness (QED) is 0.443. The predicted molar refractivity (Wildman–Crippen MR) is 98.6 cm³/mol. The number of hydrogen-bond donors (Lipinski definition) is 0. The summed E-state index contributed by atoms with van der Waals surface area (Å²) in [5.41, 5.74) is 0.816. The highest BCUT2D eigenvalue weighted by atomic mass is 35.5. The van der Waals surface area contributed by atoms with E-state index < -0.39 is 18.4 Å². The number of Topliss-reactive ketones (excluding diaryl/α,β-unsaturated/α-hetero) is 1. The summed E-state index contributed by atoms with van der Waals surface area (Å²) < 4.78 is 25.0. The zero-order valence-electron chi connectivity index (χ0n) is 13.8. The maximum atomic E-state index is 14.1. The lowest BCUT2D eigenvalue weighted by Gasteiger charge is -2.06. The molecule has 0 saturated heterocycles. The highest BCUT2D eigenvalue weighted by Gasteiger charge is 2.22. The van der Waals surface area contributed by atoms with Gasteiger partial charge in [0.1, 0.15) is 10.7 Å². The second-order valence-corrected chi connectivity index (χ2v) is 6.95. The Kier molecular flexibility index (Phi) is 5.66. The van der Waals surface area contributed by atoms with E-state index in [1.807, 2.05) is 0 Å². The number of ketones is 1. The standard InChI is InChI=1S/C19H14ClFO4S/c1-24-9-13-17-14(21)3-2-4-16(17)26-18(13)19(23)25-10-15(22)11-5-7-12(20)8-6-11/h2-8H,9-10H2,1H3. The van der Waals surface area contributed by atoms with E-state index in [1.165, 1.54) is 13.2 Å². The molecule has 0 aliphatic carbocycles. The summed E-state index contributed by atoms with van der Waals surface area (Å²) in [6, 6.07) is 10.9. The summed E-state index contributed by atoms with van der Waals surface area (Å²) in [4.78, 5) is 24.8. The number of ether oxygens (including phenoxy) is 2. The minimum atomic E-state index is -0.681.